The molecule has 19 heavy (non-hydrogen) atoms. The van der Waals surface area contributed by atoms with Crippen molar-refractivity contribution in [2.24, 2.45) is 0 Å². The van der Waals surface area contributed by atoms with Crippen LogP contribution in [-0.2, 0) is 6.54 Å². The molecule has 0 fully saturated rings. The van der Waals surface area contributed by atoms with E-state index in [2.05, 4.69) is 15.3 Å². The molecule has 0 saturated heterocycles. The number of anilines is 1. The minimum absolute atomic E-state index is 0.0888. The molecule has 0 bridgehead atoms. The average molecular weight is 280 g/mol. The number of aryl methyl sites for hydroxylation is 1. The molecule has 2 heterocycles. The molecule has 0 aliphatic rings. The van der Waals surface area contributed by atoms with Crippen LogP contribution in [0.1, 0.15) is 10.7 Å². The SMILES string of the molecule is COc1ccc([N+](=O)[O-])c(NCc2nc(C)cs2)n1. The average Bonchev–Trinajstić information content (AvgIpc) is 2.81. The quantitative estimate of drug-likeness (QED) is 0.668. The molecule has 2 aromatic rings. The van der Waals surface area contributed by atoms with Crippen LogP contribution in [0.25, 0.3) is 0 Å². The molecule has 7 nitrogen and oxygen atoms in total. The first-order chi connectivity index (χ1) is 9.10. The van der Waals surface area contributed by atoms with E-state index in [0.29, 0.717) is 12.4 Å². The zero-order chi connectivity index (χ0) is 13.8. The van der Waals surface area contributed by atoms with Gasteiger partial charge in [0.05, 0.1) is 18.6 Å². The standard InChI is InChI=1S/C11H12N4O3S/c1-7-6-19-10(13-7)5-12-11-8(15(16)17)3-4-9(14-11)18-2/h3-4,6H,5H2,1-2H3,(H,12,14). The molecule has 8 heteroatoms. The van der Waals surface area contributed by atoms with Gasteiger partial charge in [0.15, 0.2) is 0 Å². The topological polar surface area (TPSA) is 90.2 Å². The Hall–Kier alpha value is -2.22. The number of aromatic nitrogens is 2. The molecular weight excluding hydrogens is 268 g/mol. The molecule has 0 aromatic carbocycles. The Morgan fingerprint density at radius 1 is 1.47 bits per heavy atom. The summed E-state index contributed by atoms with van der Waals surface area (Å²) in [5.74, 6) is 0.501. The summed E-state index contributed by atoms with van der Waals surface area (Å²) in [5.41, 5.74) is 0.837. The Morgan fingerprint density at radius 3 is 2.84 bits per heavy atom. The summed E-state index contributed by atoms with van der Waals surface area (Å²) in [5, 5.41) is 16.6. The molecule has 0 aliphatic heterocycles. The second-order valence-corrected chi connectivity index (χ2v) is 4.66. The van der Waals surface area contributed by atoms with E-state index in [-0.39, 0.29) is 11.5 Å². The van der Waals surface area contributed by atoms with Gasteiger partial charge < -0.3 is 10.1 Å². The molecule has 0 spiro atoms. The first kappa shape index (κ1) is 13.2. The number of thiazole rings is 1. The zero-order valence-electron chi connectivity index (χ0n) is 10.4. The van der Waals surface area contributed by atoms with Gasteiger partial charge in [0.1, 0.15) is 5.01 Å². The van der Waals surface area contributed by atoms with Crippen LogP contribution in [0.3, 0.4) is 0 Å². The van der Waals surface area contributed by atoms with Crippen molar-refractivity contribution in [1.29, 1.82) is 0 Å². The molecular formula is C11H12N4O3S. The van der Waals surface area contributed by atoms with Gasteiger partial charge in [0, 0.05) is 23.2 Å². The fourth-order valence-corrected chi connectivity index (χ4v) is 2.18. The lowest BCUT2D eigenvalue weighted by molar-refractivity contribution is -0.384. The van der Waals surface area contributed by atoms with Gasteiger partial charge in [-0.15, -0.1) is 11.3 Å². The first-order valence-electron chi connectivity index (χ1n) is 5.44. The number of nitro groups is 1. The van der Waals surface area contributed by atoms with E-state index in [9.17, 15) is 10.1 Å². The van der Waals surface area contributed by atoms with Crippen molar-refractivity contribution >= 4 is 22.8 Å². The van der Waals surface area contributed by atoms with Crippen LogP contribution in [0.15, 0.2) is 17.5 Å². The van der Waals surface area contributed by atoms with Crippen molar-refractivity contribution in [2.75, 3.05) is 12.4 Å². The Morgan fingerprint density at radius 2 is 2.26 bits per heavy atom. The second-order valence-electron chi connectivity index (χ2n) is 3.71. The maximum absolute atomic E-state index is 10.9. The summed E-state index contributed by atoms with van der Waals surface area (Å²) >= 11 is 1.49. The predicted molar refractivity (Wildman–Crippen MR) is 71.6 cm³/mol. The maximum Gasteiger partial charge on any atom is 0.311 e. The number of nitrogens with one attached hydrogen (secondary N) is 1. The van der Waals surface area contributed by atoms with Crippen LogP contribution in [0, 0.1) is 17.0 Å². The highest BCUT2D eigenvalue weighted by Crippen LogP contribution is 2.25. The Balaban J connectivity index is 2.19. The van der Waals surface area contributed by atoms with Gasteiger partial charge in [0.25, 0.3) is 0 Å². The molecule has 0 aliphatic carbocycles. The number of pyridine rings is 1. The van der Waals surface area contributed by atoms with E-state index in [1.807, 2.05) is 12.3 Å². The number of rotatable bonds is 5. The van der Waals surface area contributed by atoms with Gasteiger partial charge in [0.2, 0.25) is 11.7 Å². The van der Waals surface area contributed by atoms with Gasteiger partial charge >= 0.3 is 5.69 Å². The smallest absolute Gasteiger partial charge is 0.311 e. The van der Waals surface area contributed by atoms with Crippen molar-refractivity contribution in [3.05, 3.63) is 38.3 Å². The van der Waals surface area contributed by atoms with Crippen molar-refractivity contribution in [1.82, 2.24) is 9.97 Å². The van der Waals surface area contributed by atoms with E-state index < -0.39 is 4.92 Å². The van der Waals surface area contributed by atoms with E-state index in [0.717, 1.165) is 10.7 Å². The van der Waals surface area contributed by atoms with Gasteiger partial charge in [-0.1, -0.05) is 0 Å². The van der Waals surface area contributed by atoms with Gasteiger partial charge in [-0.3, -0.25) is 10.1 Å². The summed E-state index contributed by atoms with van der Waals surface area (Å²) in [4.78, 5) is 18.7. The molecule has 0 saturated carbocycles. The third-order valence-corrected chi connectivity index (χ3v) is 3.29. The molecule has 0 unspecified atom stereocenters. The van der Waals surface area contributed by atoms with Crippen LogP contribution < -0.4 is 10.1 Å². The normalized spacial score (nSPS) is 10.2. The molecule has 2 aromatic heterocycles. The van der Waals surface area contributed by atoms with Gasteiger partial charge in [-0.25, -0.2) is 4.98 Å². The highest BCUT2D eigenvalue weighted by molar-refractivity contribution is 7.09. The molecule has 0 radical (unpaired) electrons. The van der Waals surface area contributed by atoms with Crippen molar-refractivity contribution in [2.45, 2.75) is 13.5 Å². The summed E-state index contributed by atoms with van der Waals surface area (Å²) in [6, 6.07) is 2.82. The third-order valence-electron chi connectivity index (χ3n) is 2.33. The minimum atomic E-state index is -0.484. The van der Waals surface area contributed by atoms with E-state index in [1.165, 1.54) is 30.6 Å². The van der Waals surface area contributed by atoms with Crippen molar-refractivity contribution in [3.8, 4) is 5.88 Å². The largest absolute Gasteiger partial charge is 0.481 e. The molecule has 0 atom stereocenters. The Labute approximate surface area is 113 Å². The highest BCUT2D eigenvalue weighted by atomic mass is 32.1. The maximum atomic E-state index is 10.9. The molecule has 100 valence electrons. The van der Waals surface area contributed by atoms with Gasteiger partial charge in [-0.05, 0) is 6.92 Å². The molecule has 2 rings (SSSR count). The number of hydrogen-bond acceptors (Lipinski definition) is 7. The van der Waals surface area contributed by atoms with Crippen LogP contribution in [0.4, 0.5) is 11.5 Å². The van der Waals surface area contributed by atoms with E-state index in [4.69, 9.17) is 4.74 Å². The fourth-order valence-electron chi connectivity index (χ4n) is 1.47. The van der Waals surface area contributed by atoms with E-state index >= 15 is 0 Å². The lowest BCUT2D eigenvalue weighted by Crippen LogP contribution is -2.05. The van der Waals surface area contributed by atoms with Gasteiger partial charge in [-0.2, -0.15) is 4.98 Å². The van der Waals surface area contributed by atoms with Crippen LogP contribution in [0.2, 0.25) is 0 Å². The lowest BCUT2D eigenvalue weighted by Gasteiger charge is -2.06. The fraction of sp³-hybridized carbons (Fsp3) is 0.273. The second kappa shape index (κ2) is 5.61. The molecule has 1 N–H and O–H groups in total. The number of hydrogen-bond donors (Lipinski definition) is 1. The van der Waals surface area contributed by atoms with Crippen molar-refractivity contribution < 1.29 is 9.66 Å². The van der Waals surface area contributed by atoms with Crippen LogP contribution in [-0.4, -0.2) is 22.0 Å². The monoisotopic (exact) mass is 280 g/mol. The highest BCUT2D eigenvalue weighted by Gasteiger charge is 2.16. The zero-order valence-corrected chi connectivity index (χ0v) is 11.2. The minimum Gasteiger partial charge on any atom is -0.481 e. The van der Waals surface area contributed by atoms with Crippen LogP contribution in [0.5, 0.6) is 5.88 Å². The van der Waals surface area contributed by atoms with Crippen LogP contribution >= 0.6 is 11.3 Å². The molecule has 0 amide bonds. The van der Waals surface area contributed by atoms with E-state index in [1.54, 1.807) is 0 Å². The summed E-state index contributed by atoms with van der Waals surface area (Å²) < 4.78 is 4.96. The predicted octanol–water partition coefficient (Wildman–Crippen LogP) is 2.38. The number of nitrogens with zero attached hydrogens (tertiary/aromatic N) is 3. The third kappa shape index (κ3) is 3.16. The lowest BCUT2D eigenvalue weighted by atomic mass is 10.4. The van der Waals surface area contributed by atoms with Crippen molar-refractivity contribution in [3.63, 3.8) is 0 Å². The Bertz CT molecular complexity index is 599. The summed E-state index contributed by atoms with van der Waals surface area (Å²) in [6.45, 7) is 2.28. The Kier molecular flexibility index (Phi) is 3.91. The first-order valence-corrected chi connectivity index (χ1v) is 6.32. The number of methoxy groups -OCH3 is 1. The summed E-state index contributed by atoms with van der Waals surface area (Å²) in [7, 11) is 1.46. The number of ether oxygens (including phenoxy) is 1. The summed E-state index contributed by atoms with van der Waals surface area (Å²) in [6.07, 6.45) is 0.